The number of aliphatic hydroxyl groups excluding tert-OH is 1. The molecule has 1 fully saturated rings. The van der Waals surface area contributed by atoms with Gasteiger partial charge in [0.25, 0.3) is 0 Å². The number of nitrogens with one attached hydrogen (secondary N) is 5. The number of nitrogens with two attached hydrogens (primary N) is 1. The number of anilines is 2. The molecule has 8 N–H and O–H groups in total. The van der Waals surface area contributed by atoms with E-state index in [1.807, 2.05) is 77.1 Å². The summed E-state index contributed by atoms with van der Waals surface area (Å²) in [7, 11) is 0. The van der Waals surface area contributed by atoms with E-state index in [2.05, 4.69) is 31.6 Å². The van der Waals surface area contributed by atoms with E-state index in [0.29, 0.717) is 36.9 Å². The summed E-state index contributed by atoms with van der Waals surface area (Å²) in [5.74, 6) is -3.77. The molecule has 1 saturated heterocycles. The number of aromatic nitrogens is 1. The lowest BCUT2D eigenvalue weighted by Gasteiger charge is -2.35. The van der Waals surface area contributed by atoms with Crippen LogP contribution >= 0.6 is 22.9 Å². The van der Waals surface area contributed by atoms with Crippen LogP contribution in [0.1, 0.15) is 127 Å². The van der Waals surface area contributed by atoms with Crippen LogP contribution in [0.3, 0.4) is 0 Å². The number of β-amino-alcohol motifs (C(OH)–C–C–N with tert-alkyl or cyclic N) is 1. The highest BCUT2D eigenvalue weighted by molar-refractivity contribution is 7.13. The zero-order chi connectivity index (χ0) is 56.8. The van der Waals surface area contributed by atoms with E-state index in [-0.39, 0.29) is 61.7 Å². The molecule has 0 aliphatic carbocycles. The summed E-state index contributed by atoms with van der Waals surface area (Å²) in [6.07, 6.45) is 0.196. The van der Waals surface area contributed by atoms with Crippen LogP contribution in [0, 0.1) is 12.3 Å². The normalized spacial score (nSPS) is 19.2. The number of halogens is 1. The number of thiazole rings is 1. The van der Waals surface area contributed by atoms with Crippen LogP contribution in [0.25, 0.3) is 10.4 Å². The van der Waals surface area contributed by atoms with Crippen LogP contribution in [0.15, 0.2) is 66.2 Å². The molecule has 0 bridgehead atoms. The van der Waals surface area contributed by atoms with Crippen molar-refractivity contribution in [1.82, 2.24) is 31.2 Å². The van der Waals surface area contributed by atoms with Crippen LogP contribution in [0.4, 0.5) is 16.2 Å². The molecule has 7 atom stereocenters. The quantitative estimate of drug-likeness (QED) is 0.0509. The predicted molar refractivity (Wildman–Crippen MR) is 297 cm³/mol. The molecule has 4 aromatic rings. The van der Waals surface area contributed by atoms with Gasteiger partial charge in [-0.05, 0) is 112 Å². The number of benzene rings is 3. The van der Waals surface area contributed by atoms with Crippen molar-refractivity contribution in [2.75, 3.05) is 16.8 Å². The fourth-order valence-electron chi connectivity index (χ4n) is 10.2. The number of aliphatic hydroxyl groups is 1. The van der Waals surface area contributed by atoms with Crippen LogP contribution in [0.5, 0.6) is 0 Å². The van der Waals surface area contributed by atoms with Gasteiger partial charge in [0.05, 0.1) is 44.6 Å². The number of hydrogen-bond donors (Lipinski definition) is 7. The van der Waals surface area contributed by atoms with Crippen molar-refractivity contribution >= 4 is 81.8 Å². The van der Waals surface area contributed by atoms with Crippen molar-refractivity contribution in [2.24, 2.45) is 11.1 Å². The van der Waals surface area contributed by atoms with Crippen LogP contribution in [0.2, 0.25) is 5.02 Å². The Morgan fingerprint density at radius 3 is 2.26 bits per heavy atom. The number of amides is 8. The number of hydrogen-bond acceptors (Lipinski definition) is 12. The molecular formula is C57H72ClN9O10S. The average molecular weight is 1110 g/mol. The molecule has 3 aliphatic rings. The van der Waals surface area contributed by atoms with Crippen LogP contribution in [-0.4, -0.2) is 111 Å². The molecule has 78 heavy (non-hydrogen) atoms. The number of primary amides is 1. The van der Waals surface area contributed by atoms with Gasteiger partial charge in [-0.25, -0.2) is 9.78 Å². The van der Waals surface area contributed by atoms with Gasteiger partial charge in [0.15, 0.2) is 0 Å². The number of likely N-dealkylation sites (tertiary alicyclic amines) is 1. The fourth-order valence-corrected chi connectivity index (χ4v) is 11.3. The summed E-state index contributed by atoms with van der Waals surface area (Å²) in [6.45, 7) is 14.3. The van der Waals surface area contributed by atoms with Crippen molar-refractivity contribution in [3.05, 3.63) is 99.1 Å². The predicted octanol–water partition coefficient (Wildman–Crippen LogP) is 6.34. The summed E-state index contributed by atoms with van der Waals surface area (Å²) in [5, 5.41) is 25.1. The number of ether oxygens (including phenoxy) is 1. The average Bonchev–Trinajstić information content (AvgIpc) is 4.18. The minimum absolute atomic E-state index is 0.0524. The minimum Gasteiger partial charge on any atom is -0.444 e. The number of carbonyl (C=O) groups is 8. The lowest BCUT2D eigenvalue weighted by molar-refractivity contribution is -0.144. The SMILES string of the molecule is Cc1ncsc1-c1ccc([C@H](C)NC(=O)[C@@H]2C[C@@H](O)CN2C(=O)[C@@H](NC(=O)CCCCc2cccc(NC(=O)C(CCC(N)=O)NC(=O)[C@@H]3Cc4cccc5c4N3C(=O)[C@@H](NC(=O)OC(C)(C)C)CC5)c2Cl)C(C)(C)C)cc1. The molecule has 7 rings (SSSR count). The first kappa shape index (κ1) is 58.8. The second-order valence-electron chi connectivity index (χ2n) is 22.5. The first-order chi connectivity index (χ1) is 36.8. The third-order valence-corrected chi connectivity index (χ3v) is 15.6. The van der Waals surface area contributed by atoms with Gasteiger partial charge >= 0.3 is 6.09 Å². The number of nitrogens with zero attached hydrogens (tertiary/aromatic N) is 3. The van der Waals surface area contributed by atoms with Crippen LogP contribution < -0.4 is 37.2 Å². The zero-order valence-electron chi connectivity index (χ0n) is 45.5. The van der Waals surface area contributed by atoms with Crippen LogP contribution in [-0.2, 0) is 57.6 Å². The molecular weight excluding hydrogens is 1040 g/mol. The van der Waals surface area contributed by atoms with E-state index >= 15 is 0 Å². The van der Waals surface area contributed by atoms with E-state index in [1.165, 1.54) is 9.80 Å². The third kappa shape index (κ3) is 14.4. The molecule has 1 unspecified atom stereocenters. The number of unbranched alkanes of at least 4 members (excludes halogenated alkanes) is 1. The molecule has 0 spiro atoms. The number of alkyl carbamates (subject to hydrolysis) is 1. The third-order valence-electron chi connectivity index (χ3n) is 14.2. The van der Waals surface area contributed by atoms with Gasteiger partial charge in [-0.15, -0.1) is 11.3 Å². The Labute approximate surface area is 464 Å². The van der Waals surface area contributed by atoms with Gasteiger partial charge in [0.2, 0.25) is 41.4 Å². The summed E-state index contributed by atoms with van der Waals surface area (Å²) in [4.78, 5) is 117. The van der Waals surface area contributed by atoms with Gasteiger partial charge in [-0.1, -0.05) is 87.0 Å². The maximum atomic E-state index is 14.3. The summed E-state index contributed by atoms with van der Waals surface area (Å²) in [6, 6.07) is 12.8. The lowest BCUT2D eigenvalue weighted by Crippen LogP contribution is -2.57. The van der Waals surface area contributed by atoms with E-state index in [4.69, 9.17) is 22.1 Å². The Morgan fingerprint density at radius 1 is 0.897 bits per heavy atom. The highest BCUT2D eigenvalue weighted by Crippen LogP contribution is 2.40. The standard InChI is InChI=1S/C57H72ClN9O10S/c1-31(33-19-21-36(22-20-33)48-32(2)60-30-78-48)61-51(72)42-28-38(68)29-66(42)54(75)49(56(3,4)5)65-45(70)18-10-9-13-34-14-12-17-39(46(34)58)62-50(71)40(25-26-44(59)69)63-52(73)43-27-37-16-11-15-35-23-24-41(53(74)67(43)47(35)37)64-55(76)77-57(6,7)8/h11-12,14-17,19-22,30-31,38,40-43,49,68H,9-10,13,18,23-29H2,1-8H3,(H2,59,69)(H,61,72)(H,62,71)(H,63,73)(H,64,76)(H,65,70)/t31-,38+,40?,41-,42-,43-,49+/m0/s1. The second-order valence-corrected chi connectivity index (χ2v) is 23.7. The Bertz CT molecular complexity index is 2920. The second kappa shape index (κ2) is 24.8. The van der Waals surface area contributed by atoms with Gasteiger partial charge in [0, 0.05) is 32.2 Å². The molecule has 418 valence electrons. The Hall–Kier alpha value is -6.90. The first-order valence-corrected chi connectivity index (χ1v) is 27.7. The smallest absolute Gasteiger partial charge is 0.408 e. The van der Waals surface area contributed by atoms with Crippen molar-refractivity contribution in [1.29, 1.82) is 0 Å². The lowest BCUT2D eigenvalue weighted by atomic mass is 9.85. The van der Waals surface area contributed by atoms with Crippen molar-refractivity contribution in [3.8, 4) is 10.4 Å². The highest BCUT2D eigenvalue weighted by atomic mass is 35.5. The number of carbonyl (C=O) groups excluding carboxylic acids is 8. The summed E-state index contributed by atoms with van der Waals surface area (Å²) >= 11 is 8.44. The van der Waals surface area contributed by atoms with Crippen molar-refractivity contribution in [3.63, 3.8) is 0 Å². The molecule has 0 radical (unpaired) electrons. The number of aryl methyl sites for hydroxylation is 3. The molecule has 4 heterocycles. The Morgan fingerprint density at radius 2 is 1.59 bits per heavy atom. The van der Waals surface area contributed by atoms with E-state index in [9.17, 15) is 43.5 Å². The van der Waals surface area contributed by atoms with Gasteiger partial charge in [-0.2, -0.15) is 0 Å². The molecule has 8 amide bonds. The topological polar surface area (TPSA) is 272 Å². The fraction of sp³-hybridized carbons (Fsp3) is 0.491. The van der Waals surface area contributed by atoms with E-state index in [1.54, 1.807) is 55.8 Å². The maximum Gasteiger partial charge on any atom is 0.408 e. The van der Waals surface area contributed by atoms with E-state index < -0.39 is 94.9 Å². The van der Waals surface area contributed by atoms with Gasteiger partial charge < -0.3 is 47.1 Å². The largest absolute Gasteiger partial charge is 0.444 e. The monoisotopic (exact) mass is 1110 g/mol. The first-order valence-electron chi connectivity index (χ1n) is 26.5. The molecule has 19 nitrogen and oxygen atoms in total. The Balaban J connectivity index is 0.938. The Kier molecular flexibility index (Phi) is 18.7. The zero-order valence-corrected chi connectivity index (χ0v) is 47.1. The van der Waals surface area contributed by atoms with E-state index in [0.717, 1.165) is 32.8 Å². The van der Waals surface area contributed by atoms with Crippen molar-refractivity contribution < 1.29 is 48.2 Å². The number of para-hydroxylation sites is 1. The van der Waals surface area contributed by atoms with Gasteiger partial charge in [-0.3, -0.25) is 38.5 Å². The number of rotatable bonds is 19. The minimum atomic E-state index is -1.27. The molecule has 3 aliphatic heterocycles. The van der Waals surface area contributed by atoms with Crippen molar-refractivity contribution in [2.45, 2.75) is 168 Å². The van der Waals surface area contributed by atoms with Gasteiger partial charge in [0.1, 0.15) is 35.8 Å². The highest BCUT2D eigenvalue weighted by Gasteiger charge is 2.46. The molecule has 0 saturated carbocycles. The molecule has 21 heteroatoms. The molecule has 1 aromatic heterocycles. The molecule has 3 aromatic carbocycles. The maximum absolute atomic E-state index is 14.3. The summed E-state index contributed by atoms with van der Waals surface area (Å²) in [5.41, 5.74) is 11.6. The summed E-state index contributed by atoms with van der Waals surface area (Å²) < 4.78 is 5.43.